The van der Waals surface area contributed by atoms with Crippen LogP contribution >= 0.6 is 0 Å². The first-order valence-corrected chi connectivity index (χ1v) is 6.43. The predicted octanol–water partition coefficient (Wildman–Crippen LogP) is 1.47. The van der Waals surface area contributed by atoms with Gasteiger partial charge in [0.2, 0.25) is 5.91 Å². The number of methoxy groups -OCH3 is 1. The van der Waals surface area contributed by atoms with Gasteiger partial charge < -0.3 is 15.2 Å². The van der Waals surface area contributed by atoms with E-state index in [9.17, 15) is 9.90 Å². The van der Waals surface area contributed by atoms with Crippen molar-refractivity contribution in [1.82, 2.24) is 5.32 Å². The third-order valence-corrected chi connectivity index (χ3v) is 3.48. The zero-order valence-electron chi connectivity index (χ0n) is 11.2. The Bertz CT molecular complexity index is 253. The zero-order chi connectivity index (χ0) is 12.9. The first-order valence-electron chi connectivity index (χ1n) is 6.43. The fraction of sp³-hybridized carbons (Fsp3) is 0.923. The second-order valence-corrected chi connectivity index (χ2v) is 5.63. The summed E-state index contributed by atoms with van der Waals surface area (Å²) in [5, 5.41) is 12.5. The van der Waals surface area contributed by atoms with E-state index in [0.29, 0.717) is 18.9 Å². The maximum atomic E-state index is 11.7. The molecule has 2 unspecified atom stereocenters. The van der Waals surface area contributed by atoms with Crippen molar-refractivity contribution in [2.45, 2.75) is 57.7 Å². The second-order valence-electron chi connectivity index (χ2n) is 5.63. The molecule has 1 aliphatic carbocycles. The maximum Gasteiger partial charge on any atom is 0.222 e. The summed E-state index contributed by atoms with van der Waals surface area (Å²) in [5.74, 6) is 0.449. The van der Waals surface area contributed by atoms with Gasteiger partial charge >= 0.3 is 0 Å². The number of carbonyl (C=O) groups excluding carboxylic acids is 1. The molecule has 1 aliphatic rings. The van der Waals surface area contributed by atoms with Gasteiger partial charge in [0, 0.05) is 13.7 Å². The molecule has 2 atom stereocenters. The standard InChI is InChI=1S/C13H25NO3/c1-13(2,17-3)8-12(16)14-9-10-5-4-6-11(15)7-10/h10-11,15H,4-9H2,1-3H3,(H,14,16). The van der Waals surface area contributed by atoms with Crippen molar-refractivity contribution in [3.05, 3.63) is 0 Å². The molecular weight excluding hydrogens is 218 g/mol. The minimum atomic E-state index is -0.407. The number of aliphatic hydroxyl groups excluding tert-OH is 1. The summed E-state index contributed by atoms with van der Waals surface area (Å²) < 4.78 is 5.22. The average molecular weight is 243 g/mol. The number of hydrogen-bond acceptors (Lipinski definition) is 3. The van der Waals surface area contributed by atoms with Crippen LogP contribution in [-0.4, -0.2) is 36.4 Å². The normalized spacial score (nSPS) is 25.6. The van der Waals surface area contributed by atoms with E-state index in [4.69, 9.17) is 4.74 Å². The monoisotopic (exact) mass is 243 g/mol. The van der Waals surface area contributed by atoms with Crippen molar-refractivity contribution in [3.63, 3.8) is 0 Å². The van der Waals surface area contributed by atoms with Gasteiger partial charge in [-0.2, -0.15) is 0 Å². The largest absolute Gasteiger partial charge is 0.393 e. The van der Waals surface area contributed by atoms with E-state index in [1.54, 1.807) is 7.11 Å². The third-order valence-electron chi connectivity index (χ3n) is 3.48. The van der Waals surface area contributed by atoms with E-state index in [0.717, 1.165) is 25.7 Å². The van der Waals surface area contributed by atoms with Crippen LogP contribution < -0.4 is 5.32 Å². The Morgan fingerprint density at radius 3 is 2.76 bits per heavy atom. The van der Waals surface area contributed by atoms with Gasteiger partial charge in [0.1, 0.15) is 0 Å². The van der Waals surface area contributed by atoms with E-state index in [1.807, 2.05) is 13.8 Å². The summed E-state index contributed by atoms with van der Waals surface area (Å²) in [6.07, 6.45) is 4.07. The third kappa shape index (κ3) is 5.50. The Labute approximate surface area is 104 Å². The first-order chi connectivity index (χ1) is 7.93. The molecule has 2 N–H and O–H groups in total. The van der Waals surface area contributed by atoms with Crippen molar-refractivity contribution in [2.24, 2.45) is 5.92 Å². The lowest BCUT2D eigenvalue weighted by molar-refractivity contribution is -0.126. The van der Waals surface area contributed by atoms with Crippen LogP contribution in [-0.2, 0) is 9.53 Å². The number of aliphatic hydroxyl groups is 1. The molecule has 0 spiro atoms. The molecule has 0 aliphatic heterocycles. The highest BCUT2D eigenvalue weighted by Crippen LogP contribution is 2.23. The molecule has 1 saturated carbocycles. The smallest absolute Gasteiger partial charge is 0.222 e. The molecule has 0 aromatic heterocycles. The van der Waals surface area contributed by atoms with E-state index in [1.165, 1.54) is 0 Å². The van der Waals surface area contributed by atoms with Crippen LogP contribution in [0.2, 0.25) is 0 Å². The van der Waals surface area contributed by atoms with E-state index in [2.05, 4.69) is 5.32 Å². The van der Waals surface area contributed by atoms with Crippen molar-refractivity contribution in [2.75, 3.05) is 13.7 Å². The minimum Gasteiger partial charge on any atom is -0.393 e. The molecule has 17 heavy (non-hydrogen) atoms. The molecule has 4 heteroatoms. The van der Waals surface area contributed by atoms with Gasteiger partial charge in [0.15, 0.2) is 0 Å². The summed E-state index contributed by atoms with van der Waals surface area (Å²) in [5.41, 5.74) is -0.407. The van der Waals surface area contributed by atoms with Crippen LogP contribution in [0.4, 0.5) is 0 Å². The molecule has 0 aromatic rings. The second kappa shape index (κ2) is 6.36. The van der Waals surface area contributed by atoms with Gasteiger partial charge in [0.25, 0.3) is 0 Å². The van der Waals surface area contributed by atoms with Gasteiger partial charge in [-0.1, -0.05) is 6.42 Å². The van der Waals surface area contributed by atoms with Crippen molar-refractivity contribution in [3.8, 4) is 0 Å². The SMILES string of the molecule is COC(C)(C)CC(=O)NCC1CCCC(O)C1. The quantitative estimate of drug-likeness (QED) is 0.768. The molecular formula is C13H25NO3. The lowest BCUT2D eigenvalue weighted by Gasteiger charge is -2.27. The highest BCUT2D eigenvalue weighted by atomic mass is 16.5. The van der Waals surface area contributed by atoms with Crippen molar-refractivity contribution < 1.29 is 14.6 Å². The van der Waals surface area contributed by atoms with Crippen LogP contribution in [0.5, 0.6) is 0 Å². The van der Waals surface area contributed by atoms with Crippen LogP contribution in [0.25, 0.3) is 0 Å². The van der Waals surface area contributed by atoms with Crippen LogP contribution in [0.15, 0.2) is 0 Å². The minimum absolute atomic E-state index is 0.0249. The van der Waals surface area contributed by atoms with Crippen LogP contribution in [0.1, 0.15) is 46.0 Å². The molecule has 4 nitrogen and oxygen atoms in total. The Balaban J connectivity index is 2.23. The maximum absolute atomic E-state index is 11.7. The van der Waals surface area contributed by atoms with Crippen molar-refractivity contribution >= 4 is 5.91 Å². The lowest BCUT2D eigenvalue weighted by Crippen LogP contribution is -2.37. The molecule has 1 rings (SSSR count). The highest BCUT2D eigenvalue weighted by Gasteiger charge is 2.23. The van der Waals surface area contributed by atoms with Crippen LogP contribution in [0.3, 0.4) is 0 Å². The number of nitrogens with one attached hydrogen (secondary N) is 1. The number of rotatable bonds is 5. The summed E-state index contributed by atoms with van der Waals surface area (Å²) in [6.45, 7) is 4.48. The number of hydrogen-bond donors (Lipinski definition) is 2. The number of amides is 1. The summed E-state index contributed by atoms with van der Waals surface area (Å²) in [4.78, 5) is 11.7. The Morgan fingerprint density at radius 1 is 1.47 bits per heavy atom. The van der Waals surface area contributed by atoms with E-state index in [-0.39, 0.29) is 12.0 Å². The summed E-state index contributed by atoms with van der Waals surface area (Å²) in [6, 6.07) is 0. The molecule has 0 bridgehead atoms. The van der Waals surface area contributed by atoms with Gasteiger partial charge in [-0.3, -0.25) is 4.79 Å². The zero-order valence-corrected chi connectivity index (χ0v) is 11.2. The number of ether oxygens (including phenoxy) is 1. The molecule has 0 heterocycles. The highest BCUT2D eigenvalue weighted by molar-refractivity contribution is 5.76. The van der Waals surface area contributed by atoms with Gasteiger partial charge in [-0.15, -0.1) is 0 Å². The molecule has 1 fully saturated rings. The predicted molar refractivity (Wildman–Crippen MR) is 66.7 cm³/mol. The van der Waals surface area contributed by atoms with Gasteiger partial charge in [-0.05, 0) is 39.0 Å². The lowest BCUT2D eigenvalue weighted by atomic mass is 9.87. The van der Waals surface area contributed by atoms with Gasteiger partial charge in [0.05, 0.1) is 18.1 Å². The Hall–Kier alpha value is -0.610. The van der Waals surface area contributed by atoms with Crippen molar-refractivity contribution in [1.29, 1.82) is 0 Å². The molecule has 100 valence electrons. The Morgan fingerprint density at radius 2 is 2.18 bits per heavy atom. The molecule has 0 aromatic carbocycles. The first kappa shape index (κ1) is 14.5. The summed E-state index contributed by atoms with van der Waals surface area (Å²) >= 11 is 0. The molecule has 1 amide bonds. The van der Waals surface area contributed by atoms with Crippen LogP contribution in [0, 0.1) is 5.92 Å². The fourth-order valence-electron chi connectivity index (χ4n) is 2.23. The van der Waals surface area contributed by atoms with Gasteiger partial charge in [-0.25, -0.2) is 0 Å². The number of carbonyl (C=O) groups is 1. The molecule has 0 saturated heterocycles. The van der Waals surface area contributed by atoms with E-state index >= 15 is 0 Å². The average Bonchev–Trinajstić information content (AvgIpc) is 2.26. The Kier molecular flexibility index (Phi) is 5.40. The fourth-order valence-corrected chi connectivity index (χ4v) is 2.23. The summed E-state index contributed by atoms with van der Waals surface area (Å²) in [7, 11) is 1.62. The van der Waals surface area contributed by atoms with E-state index < -0.39 is 5.60 Å². The molecule has 0 radical (unpaired) electrons. The topological polar surface area (TPSA) is 58.6 Å².